The fourth-order valence-corrected chi connectivity index (χ4v) is 5.01. The number of alkyl halides is 3. The van der Waals surface area contributed by atoms with Gasteiger partial charge in [0.15, 0.2) is 0 Å². The lowest BCUT2D eigenvalue weighted by Gasteiger charge is -2.13. The van der Waals surface area contributed by atoms with Crippen LogP contribution in [0.3, 0.4) is 0 Å². The van der Waals surface area contributed by atoms with E-state index in [4.69, 9.17) is 9.15 Å². The Balaban J connectivity index is 1.71. The number of aromatic nitrogens is 1. The van der Waals surface area contributed by atoms with Gasteiger partial charge in [0, 0.05) is 5.56 Å². The molecule has 0 fully saturated rings. The molecule has 3 aromatic heterocycles. The van der Waals surface area contributed by atoms with Crippen LogP contribution in [-0.2, 0) is 6.18 Å². The summed E-state index contributed by atoms with van der Waals surface area (Å²) in [6.07, 6.45) is -4.95. The van der Waals surface area contributed by atoms with Gasteiger partial charge >= 0.3 is 12.1 Å². The highest BCUT2D eigenvalue weighted by atomic mass is 32.1. The standard InChI is InChI=1S/C23H12F3NO4S2/c1-11-14(30-22(29)16-7-4-10-32-16)9-8-12-18(28)17(20(23(24,25)26)31-19(11)12)21-27-13-5-2-3-6-15(13)33-21/h2-10H,1H3. The summed E-state index contributed by atoms with van der Waals surface area (Å²) in [5.41, 5.74) is -1.21. The van der Waals surface area contributed by atoms with Crippen LogP contribution in [0.5, 0.6) is 5.75 Å². The fraction of sp³-hybridized carbons (Fsp3) is 0.0870. The number of nitrogens with zero attached hydrogens (tertiary/aromatic N) is 1. The van der Waals surface area contributed by atoms with E-state index in [1.165, 1.54) is 30.4 Å². The summed E-state index contributed by atoms with van der Waals surface area (Å²) in [5, 5.41) is 1.55. The van der Waals surface area contributed by atoms with Crippen molar-refractivity contribution in [2.45, 2.75) is 13.1 Å². The number of thiazole rings is 1. The van der Waals surface area contributed by atoms with Gasteiger partial charge in [0.25, 0.3) is 0 Å². The highest BCUT2D eigenvalue weighted by molar-refractivity contribution is 7.21. The Morgan fingerprint density at radius 3 is 2.58 bits per heavy atom. The molecule has 0 aliphatic heterocycles. The molecular formula is C23H12F3NO4S2. The number of ether oxygens (including phenoxy) is 1. The van der Waals surface area contributed by atoms with Gasteiger partial charge in [-0.3, -0.25) is 4.79 Å². The predicted molar refractivity (Wildman–Crippen MR) is 120 cm³/mol. The van der Waals surface area contributed by atoms with E-state index in [9.17, 15) is 22.8 Å². The maximum absolute atomic E-state index is 14.0. The highest BCUT2D eigenvalue weighted by Gasteiger charge is 2.40. The highest BCUT2D eigenvalue weighted by Crippen LogP contribution is 2.41. The number of thiophene rings is 1. The molecule has 0 spiro atoms. The molecule has 10 heteroatoms. The molecular weight excluding hydrogens is 475 g/mol. The van der Waals surface area contributed by atoms with E-state index in [1.54, 1.807) is 41.8 Å². The first kappa shape index (κ1) is 21.4. The third kappa shape index (κ3) is 3.70. The molecule has 0 atom stereocenters. The number of carbonyl (C=O) groups is 1. The van der Waals surface area contributed by atoms with Crippen molar-refractivity contribution < 1.29 is 27.1 Å². The molecule has 5 aromatic rings. The molecule has 166 valence electrons. The largest absolute Gasteiger partial charge is 0.450 e. The van der Waals surface area contributed by atoms with Gasteiger partial charge in [0.1, 0.15) is 26.8 Å². The van der Waals surface area contributed by atoms with Gasteiger partial charge in [-0.2, -0.15) is 13.2 Å². The molecule has 0 radical (unpaired) electrons. The summed E-state index contributed by atoms with van der Waals surface area (Å²) < 4.78 is 53.2. The smallest absolute Gasteiger partial charge is 0.450 e. The molecule has 0 saturated carbocycles. The topological polar surface area (TPSA) is 69.4 Å². The summed E-state index contributed by atoms with van der Waals surface area (Å²) in [6.45, 7) is 1.43. The van der Waals surface area contributed by atoms with Crippen molar-refractivity contribution in [1.29, 1.82) is 0 Å². The maximum atomic E-state index is 14.0. The van der Waals surface area contributed by atoms with Crippen LogP contribution < -0.4 is 10.2 Å². The first-order valence-corrected chi connectivity index (χ1v) is 11.2. The van der Waals surface area contributed by atoms with E-state index in [1.807, 2.05) is 0 Å². The van der Waals surface area contributed by atoms with Crippen molar-refractivity contribution >= 4 is 49.8 Å². The molecule has 3 heterocycles. The van der Waals surface area contributed by atoms with Crippen LogP contribution in [0.25, 0.3) is 31.8 Å². The second-order valence-corrected chi connectivity index (χ2v) is 9.03. The summed E-state index contributed by atoms with van der Waals surface area (Å²) >= 11 is 2.14. The van der Waals surface area contributed by atoms with Crippen LogP contribution in [0.15, 0.2) is 63.1 Å². The third-order valence-electron chi connectivity index (χ3n) is 4.95. The molecule has 0 unspecified atom stereocenters. The first-order valence-electron chi connectivity index (χ1n) is 9.53. The fourth-order valence-electron chi connectivity index (χ4n) is 3.40. The monoisotopic (exact) mass is 487 g/mol. The second kappa shape index (κ2) is 7.82. The number of fused-ring (bicyclic) bond motifs is 2. The second-order valence-electron chi connectivity index (χ2n) is 7.05. The van der Waals surface area contributed by atoms with Gasteiger partial charge in [-0.25, -0.2) is 9.78 Å². The molecule has 5 nitrogen and oxygen atoms in total. The zero-order valence-electron chi connectivity index (χ0n) is 16.7. The molecule has 0 N–H and O–H groups in total. The van der Waals surface area contributed by atoms with E-state index in [0.717, 1.165) is 11.3 Å². The van der Waals surface area contributed by atoms with Crippen molar-refractivity contribution in [3.8, 4) is 16.3 Å². The lowest BCUT2D eigenvalue weighted by molar-refractivity contribution is -0.152. The average Bonchev–Trinajstić information content (AvgIpc) is 3.45. The van der Waals surface area contributed by atoms with E-state index < -0.39 is 28.9 Å². The van der Waals surface area contributed by atoms with E-state index in [0.29, 0.717) is 15.1 Å². The lowest BCUT2D eigenvalue weighted by Crippen LogP contribution is -2.16. The van der Waals surface area contributed by atoms with Crippen molar-refractivity contribution in [2.24, 2.45) is 0 Å². The Morgan fingerprint density at radius 1 is 1.09 bits per heavy atom. The van der Waals surface area contributed by atoms with Gasteiger partial charge in [-0.15, -0.1) is 22.7 Å². The third-order valence-corrected chi connectivity index (χ3v) is 6.85. The van der Waals surface area contributed by atoms with Gasteiger partial charge < -0.3 is 9.15 Å². The molecule has 5 rings (SSSR count). The normalized spacial score (nSPS) is 11.9. The Bertz CT molecular complexity index is 1550. The van der Waals surface area contributed by atoms with Crippen LogP contribution in [0.4, 0.5) is 13.2 Å². The zero-order valence-corrected chi connectivity index (χ0v) is 18.4. The molecule has 0 aliphatic rings. The molecule has 0 bridgehead atoms. The minimum absolute atomic E-state index is 0.00455. The Kier molecular flexibility index (Phi) is 5.06. The number of rotatable bonds is 3. The average molecular weight is 487 g/mol. The van der Waals surface area contributed by atoms with Gasteiger partial charge in [0.05, 0.1) is 15.6 Å². The van der Waals surface area contributed by atoms with Crippen molar-refractivity contribution in [2.75, 3.05) is 0 Å². The number of esters is 1. The number of halogens is 3. The maximum Gasteiger partial charge on any atom is 0.450 e. The number of carbonyl (C=O) groups excluding carboxylic acids is 1. The van der Waals surface area contributed by atoms with Gasteiger partial charge in [-0.1, -0.05) is 18.2 Å². The van der Waals surface area contributed by atoms with Crippen molar-refractivity contribution in [1.82, 2.24) is 4.98 Å². The van der Waals surface area contributed by atoms with Crippen LogP contribution >= 0.6 is 22.7 Å². The molecule has 33 heavy (non-hydrogen) atoms. The van der Waals surface area contributed by atoms with E-state index >= 15 is 0 Å². The van der Waals surface area contributed by atoms with Crippen molar-refractivity contribution in [3.63, 3.8) is 0 Å². The van der Waals surface area contributed by atoms with Crippen LogP contribution in [0, 0.1) is 6.92 Å². The SMILES string of the molecule is Cc1c(OC(=O)c2cccs2)ccc2c(=O)c(-c3nc4ccccc4s3)c(C(F)(F)F)oc12. The quantitative estimate of drug-likeness (QED) is 0.210. The molecule has 0 amide bonds. The van der Waals surface area contributed by atoms with Gasteiger partial charge in [0.2, 0.25) is 11.2 Å². The Morgan fingerprint density at radius 2 is 1.88 bits per heavy atom. The predicted octanol–water partition coefficient (Wildman–Crippen LogP) is 6.68. The summed E-state index contributed by atoms with van der Waals surface area (Å²) in [6, 6.07) is 12.7. The molecule has 0 aliphatic carbocycles. The number of para-hydroxylation sites is 1. The molecule has 2 aromatic carbocycles. The first-order chi connectivity index (χ1) is 15.7. The number of benzene rings is 2. The molecule has 0 saturated heterocycles. The lowest BCUT2D eigenvalue weighted by atomic mass is 10.1. The summed E-state index contributed by atoms with van der Waals surface area (Å²) in [7, 11) is 0. The van der Waals surface area contributed by atoms with E-state index in [-0.39, 0.29) is 27.3 Å². The Hall–Kier alpha value is -3.50. The van der Waals surface area contributed by atoms with Crippen molar-refractivity contribution in [3.05, 3.63) is 80.3 Å². The van der Waals surface area contributed by atoms with Gasteiger partial charge in [-0.05, 0) is 42.6 Å². The Labute approximate surface area is 191 Å². The van der Waals surface area contributed by atoms with Crippen LogP contribution in [-0.4, -0.2) is 11.0 Å². The number of aryl methyl sites for hydroxylation is 1. The minimum atomic E-state index is -4.95. The van der Waals surface area contributed by atoms with Crippen LogP contribution in [0.1, 0.15) is 21.0 Å². The van der Waals surface area contributed by atoms with Crippen LogP contribution in [0.2, 0.25) is 0 Å². The number of hydrogen-bond donors (Lipinski definition) is 0. The summed E-state index contributed by atoms with van der Waals surface area (Å²) in [5.74, 6) is -2.09. The van der Waals surface area contributed by atoms with E-state index in [2.05, 4.69) is 4.98 Å². The number of hydrogen-bond acceptors (Lipinski definition) is 7. The minimum Gasteiger partial charge on any atom is -0.450 e. The summed E-state index contributed by atoms with van der Waals surface area (Å²) in [4.78, 5) is 30.1. The zero-order chi connectivity index (χ0) is 23.3.